The van der Waals surface area contributed by atoms with Crippen LogP contribution in [0, 0.1) is 34.6 Å². The van der Waals surface area contributed by atoms with Crippen LogP contribution in [-0.4, -0.2) is 22.5 Å². The van der Waals surface area contributed by atoms with E-state index in [1.54, 1.807) is 24.3 Å². The first kappa shape index (κ1) is 20.3. The summed E-state index contributed by atoms with van der Waals surface area (Å²) in [7, 11) is 0. The predicted molar refractivity (Wildman–Crippen MR) is 113 cm³/mol. The largest absolute Gasteiger partial charge is 0.483 e. The third-order valence-electron chi connectivity index (χ3n) is 4.51. The number of carbonyl (C=O) groups is 1. The fraction of sp³-hybridized carbons (Fsp3) is 0.261. The average molecular weight is 391 g/mol. The van der Waals surface area contributed by atoms with Crippen LogP contribution in [0.3, 0.4) is 0 Å². The molecule has 6 nitrogen and oxygen atoms in total. The minimum atomic E-state index is -0.245. The maximum atomic E-state index is 12.4. The molecule has 0 aliphatic heterocycles. The first-order valence-corrected chi connectivity index (χ1v) is 9.41. The van der Waals surface area contributed by atoms with Crippen molar-refractivity contribution >= 4 is 11.6 Å². The molecule has 0 radical (unpaired) electrons. The van der Waals surface area contributed by atoms with Crippen molar-refractivity contribution in [1.29, 1.82) is 0 Å². The van der Waals surface area contributed by atoms with E-state index in [4.69, 9.17) is 9.47 Å². The molecule has 29 heavy (non-hydrogen) atoms. The SMILES string of the molecule is Cc1cc(C)nc(Oc2cccc(NC(=O)COc3c(C)ccc(C)c3C)c2)n1. The third kappa shape index (κ3) is 5.31. The van der Waals surface area contributed by atoms with Crippen molar-refractivity contribution in [3.05, 3.63) is 70.5 Å². The fourth-order valence-corrected chi connectivity index (χ4v) is 2.96. The minimum absolute atomic E-state index is 0.0730. The van der Waals surface area contributed by atoms with Gasteiger partial charge >= 0.3 is 6.01 Å². The highest BCUT2D eigenvalue weighted by Gasteiger charge is 2.10. The molecule has 6 heteroatoms. The Hall–Kier alpha value is -3.41. The van der Waals surface area contributed by atoms with Gasteiger partial charge in [0, 0.05) is 23.1 Å². The van der Waals surface area contributed by atoms with Crippen LogP contribution >= 0.6 is 0 Å². The molecule has 1 heterocycles. The number of hydrogen-bond donors (Lipinski definition) is 1. The Morgan fingerprint density at radius 1 is 0.931 bits per heavy atom. The summed E-state index contributed by atoms with van der Waals surface area (Å²) in [4.78, 5) is 20.9. The third-order valence-corrected chi connectivity index (χ3v) is 4.51. The van der Waals surface area contributed by atoms with E-state index in [2.05, 4.69) is 15.3 Å². The molecule has 1 amide bonds. The Kier molecular flexibility index (Phi) is 6.12. The quantitative estimate of drug-likeness (QED) is 0.652. The maximum absolute atomic E-state index is 12.4. The van der Waals surface area contributed by atoms with E-state index in [0.29, 0.717) is 11.4 Å². The molecule has 0 saturated carbocycles. The normalized spacial score (nSPS) is 10.5. The van der Waals surface area contributed by atoms with Gasteiger partial charge in [0.15, 0.2) is 6.61 Å². The van der Waals surface area contributed by atoms with Gasteiger partial charge in [0.1, 0.15) is 11.5 Å². The molecule has 0 saturated heterocycles. The van der Waals surface area contributed by atoms with Gasteiger partial charge in [-0.1, -0.05) is 18.2 Å². The van der Waals surface area contributed by atoms with Gasteiger partial charge in [-0.25, -0.2) is 9.97 Å². The predicted octanol–water partition coefficient (Wildman–Crippen LogP) is 4.83. The van der Waals surface area contributed by atoms with Gasteiger partial charge in [0.2, 0.25) is 0 Å². The van der Waals surface area contributed by atoms with Gasteiger partial charge in [-0.2, -0.15) is 0 Å². The topological polar surface area (TPSA) is 73.3 Å². The lowest BCUT2D eigenvalue weighted by Gasteiger charge is -2.14. The number of ether oxygens (including phenoxy) is 2. The lowest BCUT2D eigenvalue weighted by atomic mass is 10.1. The Bertz CT molecular complexity index is 1030. The summed E-state index contributed by atoms with van der Waals surface area (Å²) in [6.07, 6.45) is 0. The van der Waals surface area contributed by atoms with Crippen LogP contribution in [0.15, 0.2) is 42.5 Å². The molecule has 150 valence electrons. The number of aryl methyl sites for hydroxylation is 4. The molecule has 0 fully saturated rings. The van der Waals surface area contributed by atoms with E-state index >= 15 is 0 Å². The highest BCUT2D eigenvalue weighted by molar-refractivity contribution is 5.92. The first-order chi connectivity index (χ1) is 13.8. The Balaban J connectivity index is 1.64. The number of nitrogens with zero attached hydrogens (tertiary/aromatic N) is 2. The van der Waals surface area contributed by atoms with Crippen molar-refractivity contribution in [2.75, 3.05) is 11.9 Å². The summed E-state index contributed by atoms with van der Waals surface area (Å²) in [5.41, 5.74) is 5.45. The van der Waals surface area contributed by atoms with Crippen molar-refractivity contribution in [2.45, 2.75) is 34.6 Å². The molecule has 0 bridgehead atoms. The van der Waals surface area contributed by atoms with Crippen molar-refractivity contribution in [1.82, 2.24) is 9.97 Å². The van der Waals surface area contributed by atoms with Crippen molar-refractivity contribution in [3.8, 4) is 17.5 Å². The van der Waals surface area contributed by atoms with Crippen LogP contribution in [0.2, 0.25) is 0 Å². The van der Waals surface area contributed by atoms with Crippen LogP contribution in [0.4, 0.5) is 5.69 Å². The van der Waals surface area contributed by atoms with Crippen LogP contribution < -0.4 is 14.8 Å². The van der Waals surface area contributed by atoms with E-state index in [1.807, 2.05) is 52.8 Å². The number of nitrogens with one attached hydrogen (secondary N) is 1. The van der Waals surface area contributed by atoms with Gasteiger partial charge in [-0.05, 0) is 69.5 Å². The fourth-order valence-electron chi connectivity index (χ4n) is 2.96. The number of aromatic nitrogens is 2. The monoisotopic (exact) mass is 391 g/mol. The van der Waals surface area contributed by atoms with Crippen LogP contribution in [0.1, 0.15) is 28.1 Å². The standard InChI is InChI=1S/C23H25N3O3/c1-14-9-10-15(2)22(18(14)5)28-13-21(27)26-19-7-6-8-20(12-19)29-23-24-16(3)11-17(4)25-23/h6-12H,13H2,1-5H3,(H,26,27). The van der Waals surface area contributed by atoms with E-state index < -0.39 is 0 Å². The minimum Gasteiger partial charge on any atom is -0.483 e. The lowest BCUT2D eigenvalue weighted by molar-refractivity contribution is -0.118. The van der Waals surface area contributed by atoms with Crippen LogP contribution in [0.5, 0.6) is 17.5 Å². The first-order valence-electron chi connectivity index (χ1n) is 9.41. The lowest BCUT2D eigenvalue weighted by Crippen LogP contribution is -2.20. The second-order valence-corrected chi connectivity index (χ2v) is 7.05. The smallest absolute Gasteiger partial charge is 0.322 e. The Morgan fingerprint density at radius 2 is 1.62 bits per heavy atom. The highest BCUT2D eigenvalue weighted by Crippen LogP contribution is 2.26. The second kappa shape index (κ2) is 8.73. The Morgan fingerprint density at radius 3 is 2.34 bits per heavy atom. The van der Waals surface area contributed by atoms with Gasteiger partial charge in [-0.3, -0.25) is 4.79 Å². The average Bonchev–Trinajstić information content (AvgIpc) is 2.64. The van der Waals surface area contributed by atoms with E-state index in [-0.39, 0.29) is 18.5 Å². The van der Waals surface area contributed by atoms with E-state index in [0.717, 1.165) is 33.8 Å². The molecule has 0 aliphatic rings. The summed E-state index contributed by atoms with van der Waals surface area (Å²) in [5.74, 6) is 1.05. The molecule has 0 aliphatic carbocycles. The van der Waals surface area contributed by atoms with Crippen molar-refractivity contribution in [2.24, 2.45) is 0 Å². The van der Waals surface area contributed by atoms with E-state index in [1.165, 1.54) is 0 Å². The molecule has 0 atom stereocenters. The van der Waals surface area contributed by atoms with Gasteiger partial charge < -0.3 is 14.8 Å². The zero-order valence-electron chi connectivity index (χ0n) is 17.4. The highest BCUT2D eigenvalue weighted by atomic mass is 16.5. The van der Waals surface area contributed by atoms with E-state index in [9.17, 15) is 4.79 Å². The summed E-state index contributed by atoms with van der Waals surface area (Å²) < 4.78 is 11.5. The van der Waals surface area contributed by atoms with Crippen LogP contribution in [0.25, 0.3) is 0 Å². The van der Waals surface area contributed by atoms with Gasteiger partial charge in [0.05, 0.1) is 0 Å². The maximum Gasteiger partial charge on any atom is 0.322 e. The zero-order valence-corrected chi connectivity index (χ0v) is 17.4. The zero-order chi connectivity index (χ0) is 21.0. The molecular weight excluding hydrogens is 366 g/mol. The van der Waals surface area contributed by atoms with Gasteiger partial charge in [-0.15, -0.1) is 0 Å². The number of hydrogen-bond acceptors (Lipinski definition) is 5. The molecule has 0 unspecified atom stereocenters. The molecule has 1 N–H and O–H groups in total. The molecule has 1 aromatic heterocycles. The summed E-state index contributed by atoms with van der Waals surface area (Å²) in [5, 5.41) is 2.83. The summed E-state index contributed by atoms with van der Waals surface area (Å²) >= 11 is 0. The molecular formula is C23H25N3O3. The molecule has 3 aromatic rings. The van der Waals surface area contributed by atoms with Crippen LogP contribution in [-0.2, 0) is 4.79 Å². The summed E-state index contributed by atoms with van der Waals surface area (Å²) in [6, 6.07) is 13.3. The van der Waals surface area contributed by atoms with Crippen molar-refractivity contribution < 1.29 is 14.3 Å². The van der Waals surface area contributed by atoms with Crippen molar-refractivity contribution in [3.63, 3.8) is 0 Å². The number of carbonyl (C=O) groups excluding carboxylic acids is 1. The molecule has 3 rings (SSSR count). The number of benzene rings is 2. The summed E-state index contributed by atoms with van der Waals surface area (Å²) in [6.45, 7) is 9.68. The number of anilines is 1. The molecule has 0 spiro atoms. The van der Waals surface area contributed by atoms with Gasteiger partial charge in [0.25, 0.3) is 5.91 Å². The number of amides is 1. The number of rotatable bonds is 6. The second-order valence-electron chi connectivity index (χ2n) is 7.05. The molecule has 2 aromatic carbocycles. The Labute approximate surface area is 170 Å².